The molecule has 0 aromatic rings. The van der Waals surface area contributed by atoms with Gasteiger partial charge in [0, 0.05) is 6.04 Å². The predicted molar refractivity (Wildman–Crippen MR) is 65.2 cm³/mol. The summed E-state index contributed by atoms with van der Waals surface area (Å²) in [5.41, 5.74) is 7.35. The molecule has 1 atom stereocenters. The van der Waals surface area contributed by atoms with Gasteiger partial charge in [0.25, 0.3) is 0 Å². The highest BCUT2D eigenvalue weighted by Gasteiger charge is 2.02. The van der Waals surface area contributed by atoms with E-state index in [1.165, 1.54) is 5.57 Å². The van der Waals surface area contributed by atoms with Crippen molar-refractivity contribution in [3.63, 3.8) is 0 Å². The van der Waals surface area contributed by atoms with E-state index in [1.54, 1.807) is 0 Å². The Hall–Kier alpha value is -0.820. The van der Waals surface area contributed by atoms with E-state index in [4.69, 9.17) is 5.73 Å². The fourth-order valence-electron chi connectivity index (χ4n) is 1.38. The first kappa shape index (κ1) is 13.2. The third kappa shape index (κ3) is 6.67. The zero-order chi connectivity index (χ0) is 10.8. The standard InChI is InChI=1S/C13H23N/c1-4-7-8-10-13(14)11-12(6-3)9-5-2/h4-7,9,13H,8,10-11,14H2,1-3H3/b7-4-,9-5-,12-6+. The highest BCUT2D eigenvalue weighted by atomic mass is 14.6. The Kier molecular flexibility index (Phi) is 8.25. The van der Waals surface area contributed by atoms with E-state index < -0.39 is 0 Å². The van der Waals surface area contributed by atoms with Gasteiger partial charge in [-0.3, -0.25) is 0 Å². The first-order chi connectivity index (χ1) is 6.74. The minimum absolute atomic E-state index is 0.286. The van der Waals surface area contributed by atoms with Gasteiger partial charge in [0.2, 0.25) is 0 Å². The van der Waals surface area contributed by atoms with Gasteiger partial charge in [-0.15, -0.1) is 0 Å². The predicted octanol–water partition coefficient (Wildman–Crippen LogP) is 3.58. The molecule has 1 unspecified atom stereocenters. The van der Waals surface area contributed by atoms with Crippen molar-refractivity contribution >= 4 is 0 Å². The van der Waals surface area contributed by atoms with Gasteiger partial charge in [-0.05, 0) is 40.0 Å². The summed E-state index contributed by atoms with van der Waals surface area (Å²) in [5, 5.41) is 0. The summed E-state index contributed by atoms with van der Waals surface area (Å²) in [6, 6.07) is 0.286. The highest BCUT2D eigenvalue weighted by Crippen LogP contribution is 2.10. The van der Waals surface area contributed by atoms with Gasteiger partial charge in [-0.25, -0.2) is 0 Å². The molecular weight excluding hydrogens is 170 g/mol. The van der Waals surface area contributed by atoms with Gasteiger partial charge in [0.1, 0.15) is 0 Å². The van der Waals surface area contributed by atoms with Crippen LogP contribution in [-0.2, 0) is 0 Å². The summed E-state index contributed by atoms with van der Waals surface area (Å²) in [6.07, 6.45) is 13.7. The summed E-state index contributed by atoms with van der Waals surface area (Å²) in [7, 11) is 0. The largest absolute Gasteiger partial charge is 0.327 e. The van der Waals surface area contributed by atoms with E-state index in [0.29, 0.717) is 0 Å². The Bertz CT molecular complexity index is 211. The summed E-state index contributed by atoms with van der Waals surface area (Å²) in [5.74, 6) is 0. The lowest BCUT2D eigenvalue weighted by Crippen LogP contribution is -2.19. The fraction of sp³-hybridized carbons (Fsp3) is 0.538. The quantitative estimate of drug-likeness (QED) is 0.506. The van der Waals surface area contributed by atoms with Crippen molar-refractivity contribution in [3.8, 4) is 0 Å². The highest BCUT2D eigenvalue weighted by molar-refractivity contribution is 5.18. The van der Waals surface area contributed by atoms with Crippen molar-refractivity contribution in [2.45, 2.75) is 46.1 Å². The molecule has 0 amide bonds. The average molecular weight is 193 g/mol. The van der Waals surface area contributed by atoms with E-state index in [9.17, 15) is 0 Å². The van der Waals surface area contributed by atoms with Crippen LogP contribution < -0.4 is 5.73 Å². The molecule has 0 aliphatic carbocycles. The second-order valence-corrected chi connectivity index (χ2v) is 3.47. The van der Waals surface area contributed by atoms with Crippen molar-refractivity contribution in [3.05, 3.63) is 36.0 Å². The van der Waals surface area contributed by atoms with Gasteiger partial charge < -0.3 is 5.73 Å². The van der Waals surface area contributed by atoms with Crippen LogP contribution in [0.1, 0.15) is 40.0 Å². The van der Waals surface area contributed by atoms with Crippen LogP contribution in [0.25, 0.3) is 0 Å². The molecule has 0 spiro atoms. The molecule has 1 heteroatoms. The van der Waals surface area contributed by atoms with Crippen LogP contribution in [0, 0.1) is 0 Å². The molecule has 0 saturated heterocycles. The third-order valence-electron chi connectivity index (χ3n) is 2.19. The number of hydrogen-bond acceptors (Lipinski definition) is 1. The normalized spacial score (nSPS) is 15.6. The lowest BCUT2D eigenvalue weighted by molar-refractivity contribution is 0.619. The van der Waals surface area contributed by atoms with Crippen molar-refractivity contribution < 1.29 is 0 Å². The second-order valence-electron chi connectivity index (χ2n) is 3.47. The van der Waals surface area contributed by atoms with Crippen LogP contribution in [0.5, 0.6) is 0 Å². The molecule has 80 valence electrons. The Morgan fingerprint density at radius 1 is 1.21 bits per heavy atom. The van der Waals surface area contributed by atoms with Gasteiger partial charge >= 0.3 is 0 Å². The molecule has 0 aliphatic rings. The molecule has 0 rings (SSSR count). The molecule has 14 heavy (non-hydrogen) atoms. The maximum absolute atomic E-state index is 6.01. The Morgan fingerprint density at radius 2 is 1.93 bits per heavy atom. The zero-order valence-electron chi connectivity index (χ0n) is 9.66. The fourth-order valence-corrected chi connectivity index (χ4v) is 1.38. The molecule has 2 N–H and O–H groups in total. The van der Waals surface area contributed by atoms with Gasteiger partial charge in [-0.1, -0.05) is 36.0 Å². The minimum Gasteiger partial charge on any atom is -0.327 e. The first-order valence-electron chi connectivity index (χ1n) is 5.39. The van der Waals surface area contributed by atoms with Crippen LogP contribution in [0.4, 0.5) is 0 Å². The number of allylic oxidation sites excluding steroid dienone is 5. The van der Waals surface area contributed by atoms with E-state index in [0.717, 1.165) is 19.3 Å². The van der Waals surface area contributed by atoms with Crippen molar-refractivity contribution in [1.82, 2.24) is 0 Å². The number of nitrogens with two attached hydrogens (primary N) is 1. The van der Waals surface area contributed by atoms with Gasteiger partial charge in [0.15, 0.2) is 0 Å². The van der Waals surface area contributed by atoms with Crippen LogP contribution >= 0.6 is 0 Å². The van der Waals surface area contributed by atoms with Crippen LogP contribution in [0.3, 0.4) is 0 Å². The molecule has 0 aliphatic heterocycles. The molecule has 0 heterocycles. The van der Waals surface area contributed by atoms with Crippen molar-refractivity contribution in [1.29, 1.82) is 0 Å². The Labute approximate surface area is 88.4 Å². The Balaban J connectivity index is 3.85. The Morgan fingerprint density at radius 3 is 2.43 bits per heavy atom. The SMILES string of the molecule is C/C=C\CCC(N)CC(/C=C\C)=C/C. The third-order valence-corrected chi connectivity index (χ3v) is 2.19. The number of rotatable bonds is 6. The lowest BCUT2D eigenvalue weighted by atomic mass is 10.0. The summed E-state index contributed by atoms with van der Waals surface area (Å²) >= 11 is 0. The van der Waals surface area contributed by atoms with E-state index in [-0.39, 0.29) is 6.04 Å². The maximum atomic E-state index is 6.01. The van der Waals surface area contributed by atoms with E-state index in [2.05, 4.69) is 37.3 Å². The molecule has 0 saturated carbocycles. The van der Waals surface area contributed by atoms with Crippen LogP contribution in [0.15, 0.2) is 36.0 Å². The molecule has 0 aromatic heterocycles. The van der Waals surface area contributed by atoms with Crippen molar-refractivity contribution in [2.24, 2.45) is 5.73 Å². The number of hydrogen-bond donors (Lipinski definition) is 1. The second kappa shape index (κ2) is 8.76. The molecule has 0 radical (unpaired) electrons. The monoisotopic (exact) mass is 193 g/mol. The maximum Gasteiger partial charge on any atom is 0.00821 e. The topological polar surface area (TPSA) is 26.0 Å². The molecule has 1 nitrogen and oxygen atoms in total. The summed E-state index contributed by atoms with van der Waals surface area (Å²) in [6.45, 7) is 6.14. The van der Waals surface area contributed by atoms with Crippen LogP contribution in [-0.4, -0.2) is 6.04 Å². The molecule has 0 bridgehead atoms. The minimum atomic E-state index is 0.286. The van der Waals surface area contributed by atoms with E-state index in [1.807, 2.05) is 13.8 Å². The zero-order valence-corrected chi connectivity index (χ0v) is 9.66. The first-order valence-corrected chi connectivity index (χ1v) is 5.39. The average Bonchev–Trinajstić information content (AvgIpc) is 2.17. The summed E-state index contributed by atoms with van der Waals surface area (Å²) in [4.78, 5) is 0. The lowest BCUT2D eigenvalue weighted by Gasteiger charge is -2.10. The molecule has 0 fully saturated rings. The smallest absolute Gasteiger partial charge is 0.00821 e. The molecule has 0 aromatic carbocycles. The molecular formula is C13H23N. The summed E-state index contributed by atoms with van der Waals surface area (Å²) < 4.78 is 0. The van der Waals surface area contributed by atoms with Crippen molar-refractivity contribution in [2.75, 3.05) is 0 Å². The van der Waals surface area contributed by atoms with Crippen LogP contribution in [0.2, 0.25) is 0 Å². The van der Waals surface area contributed by atoms with E-state index >= 15 is 0 Å². The van der Waals surface area contributed by atoms with Gasteiger partial charge in [0.05, 0.1) is 0 Å². The van der Waals surface area contributed by atoms with Gasteiger partial charge in [-0.2, -0.15) is 0 Å².